The number of rotatable bonds is 5. The molecule has 0 amide bonds. The quantitative estimate of drug-likeness (QED) is 0.621. The van der Waals surface area contributed by atoms with E-state index in [1.54, 1.807) is 12.4 Å². The van der Waals surface area contributed by atoms with Crippen LogP contribution in [-0.2, 0) is 6.42 Å². The van der Waals surface area contributed by atoms with Crippen molar-refractivity contribution in [3.63, 3.8) is 0 Å². The maximum Gasteiger partial charge on any atom is 0.115 e. The van der Waals surface area contributed by atoms with Crippen molar-refractivity contribution in [2.45, 2.75) is 25.8 Å². The zero-order chi connectivity index (χ0) is 12.8. The zero-order valence-corrected chi connectivity index (χ0v) is 10.5. The Kier molecular flexibility index (Phi) is 4.39. The Balaban J connectivity index is 2.00. The van der Waals surface area contributed by atoms with Crippen molar-refractivity contribution < 1.29 is 0 Å². The lowest BCUT2D eigenvalue weighted by molar-refractivity contribution is 0.513. The van der Waals surface area contributed by atoms with Crippen LogP contribution in [0.4, 0.5) is 0 Å². The minimum absolute atomic E-state index is 0.0895. The first-order valence-electron chi connectivity index (χ1n) is 6.06. The first kappa shape index (κ1) is 12.7. The maximum atomic E-state index is 5.59. The number of benzene rings is 1. The van der Waals surface area contributed by atoms with E-state index in [4.69, 9.17) is 5.84 Å². The number of nitrogens with zero attached hydrogens (tertiary/aromatic N) is 2. The zero-order valence-electron chi connectivity index (χ0n) is 10.5. The summed E-state index contributed by atoms with van der Waals surface area (Å²) in [6.45, 7) is 2.10. The molecule has 4 heteroatoms. The molecule has 1 aromatic heterocycles. The van der Waals surface area contributed by atoms with Crippen LogP contribution in [0.3, 0.4) is 0 Å². The summed E-state index contributed by atoms with van der Waals surface area (Å²) >= 11 is 0. The second-order valence-corrected chi connectivity index (χ2v) is 4.42. The predicted molar refractivity (Wildman–Crippen MR) is 71.6 cm³/mol. The van der Waals surface area contributed by atoms with Crippen molar-refractivity contribution in [2.24, 2.45) is 5.84 Å². The van der Waals surface area contributed by atoms with Crippen LogP contribution in [-0.4, -0.2) is 9.97 Å². The van der Waals surface area contributed by atoms with E-state index in [0.29, 0.717) is 0 Å². The highest BCUT2D eigenvalue weighted by molar-refractivity contribution is 5.22. The first-order valence-corrected chi connectivity index (χ1v) is 6.06. The largest absolute Gasteiger partial charge is 0.271 e. The summed E-state index contributed by atoms with van der Waals surface area (Å²) in [5.41, 5.74) is 6.46. The molecule has 0 radical (unpaired) electrons. The first-order chi connectivity index (χ1) is 8.79. The van der Waals surface area contributed by atoms with Crippen LogP contribution in [0, 0.1) is 6.92 Å². The van der Waals surface area contributed by atoms with Gasteiger partial charge >= 0.3 is 0 Å². The van der Waals surface area contributed by atoms with E-state index >= 15 is 0 Å². The highest BCUT2D eigenvalue weighted by Gasteiger charge is 2.10. The van der Waals surface area contributed by atoms with E-state index in [-0.39, 0.29) is 6.04 Å². The van der Waals surface area contributed by atoms with Gasteiger partial charge in [0.25, 0.3) is 0 Å². The van der Waals surface area contributed by atoms with Gasteiger partial charge in [-0.1, -0.05) is 29.8 Å². The van der Waals surface area contributed by atoms with Crippen LogP contribution in [0.2, 0.25) is 0 Å². The summed E-state index contributed by atoms with van der Waals surface area (Å²) in [5.74, 6) is 5.59. The fraction of sp³-hybridized carbons (Fsp3) is 0.286. The number of nitrogens with one attached hydrogen (secondary N) is 1. The summed E-state index contributed by atoms with van der Waals surface area (Å²) in [7, 11) is 0. The van der Waals surface area contributed by atoms with Crippen molar-refractivity contribution in [1.82, 2.24) is 15.4 Å². The fourth-order valence-corrected chi connectivity index (χ4v) is 2.02. The summed E-state index contributed by atoms with van der Waals surface area (Å²) in [6.07, 6.45) is 7.03. The molecule has 4 nitrogen and oxygen atoms in total. The lowest BCUT2D eigenvalue weighted by Gasteiger charge is -2.15. The molecule has 0 saturated carbocycles. The minimum Gasteiger partial charge on any atom is -0.271 e. The Morgan fingerprint density at radius 1 is 1.28 bits per heavy atom. The van der Waals surface area contributed by atoms with Crippen molar-refractivity contribution in [1.29, 1.82) is 0 Å². The van der Waals surface area contributed by atoms with E-state index in [1.165, 1.54) is 17.5 Å². The molecule has 0 fully saturated rings. The van der Waals surface area contributed by atoms with Crippen LogP contribution < -0.4 is 11.3 Å². The highest BCUT2D eigenvalue weighted by atomic mass is 15.2. The Bertz CT molecular complexity index is 484. The Labute approximate surface area is 107 Å². The smallest absolute Gasteiger partial charge is 0.115 e. The van der Waals surface area contributed by atoms with Crippen LogP contribution >= 0.6 is 0 Å². The van der Waals surface area contributed by atoms with Crippen molar-refractivity contribution in [2.75, 3.05) is 0 Å². The molecule has 0 spiro atoms. The molecule has 0 bridgehead atoms. The van der Waals surface area contributed by atoms with Gasteiger partial charge in [0, 0.05) is 24.0 Å². The van der Waals surface area contributed by atoms with Crippen LogP contribution in [0.5, 0.6) is 0 Å². The standard InChI is InChI=1S/C14H18N4/c1-11-3-2-4-12(7-11)5-6-14(18-15)13-8-16-10-17-9-13/h2-4,7-10,14,18H,5-6,15H2,1H3. The summed E-state index contributed by atoms with van der Waals surface area (Å²) < 4.78 is 0. The molecule has 1 unspecified atom stereocenters. The SMILES string of the molecule is Cc1cccc(CCC(NN)c2cncnc2)c1. The average molecular weight is 242 g/mol. The van der Waals surface area contributed by atoms with Gasteiger partial charge in [-0.25, -0.2) is 9.97 Å². The second-order valence-electron chi connectivity index (χ2n) is 4.42. The third kappa shape index (κ3) is 3.35. The number of hydrogen-bond donors (Lipinski definition) is 2. The summed E-state index contributed by atoms with van der Waals surface area (Å²) in [6, 6.07) is 8.62. The van der Waals surface area contributed by atoms with Gasteiger partial charge in [-0.3, -0.25) is 11.3 Å². The van der Waals surface area contributed by atoms with Gasteiger partial charge in [0.1, 0.15) is 6.33 Å². The molecule has 1 aromatic carbocycles. The van der Waals surface area contributed by atoms with E-state index in [2.05, 4.69) is 46.6 Å². The van der Waals surface area contributed by atoms with Gasteiger partial charge in [-0.2, -0.15) is 0 Å². The highest BCUT2D eigenvalue weighted by Crippen LogP contribution is 2.17. The molecule has 0 aliphatic heterocycles. The van der Waals surface area contributed by atoms with Gasteiger partial charge in [0.2, 0.25) is 0 Å². The Hall–Kier alpha value is -1.78. The third-order valence-electron chi connectivity index (χ3n) is 2.99. The van der Waals surface area contributed by atoms with Gasteiger partial charge in [-0.15, -0.1) is 0 Å². The van der Waals surface area contributed by atoms with Gasteiger partial charge in [0.15, 0.2) is 0 Å². The monoisotopic (exact) mass is 242 g/mol. The molecule has 3 N–H and O–H groups in total. The molecule has 18 heavy (non-hydrogen) atoms. The molecule has 0 saturated heterocycles. The average Bonchev–Trinajstić information content (AvgIpc) is 2.41. The molecule has 0 aliphatic rings. The van der Waals surface area contributed by atoms with Crippen molar-refractivity contribution in [3.05, 3.63) is 59.7 Å². The molecule has 0 aliphatic carbocycles. The topological polar surface area (TPSA) is 63.8 Å². The van der Waals surface area contributed by atoms with Gasteiger partial charge < -0.3 is 0 Å². The van der Waals surface area contributed by atoms with Crippen molar-refractivity contribution >= 4 is 0 Å². The lowest BCUT2D eigenvalue weighted by atomic mass is 10.0. The molecule has 1 atom stereocenters. The van der Waals surface area contributed by atoms with Crippen molar-refractivity contribution in [3.8, 4) is 0 Å². The Morgan fingerprint density at radius 3 is 2.72 bits per heavy atom. The number of aromatic nitrogens is 2. The molecule has 2 aromatic rings. The minimum atomic E-state index is 0.0895. The Morgan fingerprint density at radius 2 is 2.06 bits per heavy atom. The molecular weight excluding hydrogens is 224 g/mol. The normalized spacial score (nSPS) is 12.3. The van der Waals surface area contributed by atoms with Gasteiger partial charge in [-0.05, 0) is 25.3 Å². The maximum absolute atomic E-state index is 5.59. The predicted octanol–water partition coefficient (Wildman–Crippen LogP) is 1.92. The fourth-order valence-electron chi connectivity index (χ4n) is 2.02. The molecule has 2 rings (SSSR count). The van der Waals surface area contributed by atoms with Crippen LogP contribution in [0.1, 0.15) is 29.2 Å². The summed E-state index contributed by atoms with van der Waals surface area (Å²) in [4.78, 5) is 8.03. The number of hydrazine groups is 1. The van der Waals surface area contributed by atoms with Crippen LogP contribution in [0.15, 0.2) is 43.0 Å². The molecular formula is C14H18N4. The van der Waals surface area contributed by atoms with E-state index in [1.807, 2.05) is 0 Å². The second kappa shape index (κ2) is 6.23. The third-order valence-corrected chi connectivity index (χ3v) is 2.99. The number of aryl methyl sites for hydroxylation is 2. The molecule has 94 valence electrons. The van der Waals surface area contributed by atoms with E-state index in [0.717, 1.165) is 18.4 Å². The summed E-state index contributed by atoms with van der Waals surface area (Å²) in [5, 5.41) is 0. The van der Waals surface area contributed by atoms with Gasteiger partial charge in [0.05, 0.1) is 0 Å². The molecule has 1 heterocycles. The van der Waals surface area contributed by atoms with E-state index in [9.17, 15) is 0 Å². The number of nitrogens with two attached hydrogens (primary N) is 1. The number of hydrogen-bond acceptors (Lipinski definition) is 4. The van der Waals surface area contributed by atoms with Crippen LogP contribution in [0.25, 0.3) is 0 Å². The lowest BCUT2D eigenvalue weighted by Crippen LogP contribution is -2.28. The van der Waals surface area contributed by atoms with E-state index < -0.39 is 0 Å².